The number of rotatable bonds is 5. The highest BCUT2D eigenvalue weighted by atomic mass is 16.5. The molecule has 0 saturated carbocycles. The van der Waals surface area contributed by atoms with Crippen LogP contribution in [0.15, 0.2) is 12.4 Å². The van der Waals surface area contributed by atoms with Gasteiger partial charge in [-0.2, -0.15) is 0 Å². The molecule has 3 heterocycles. The summed E-state index contributed by atoms with van der Waals surface area (Å²) in [7, 11) is 0. The standard InChI is InChI=1S/C17H24N4O2/c1-10(2)5-14(13-8-23-9-13)20-17(22)15-16-19-11(3)7-21(16)12(4)6-18-15/h6-7,10,13-14H,5,8-9H2,1-4H3,(H,20,22)/t14-/m0/s1. The number of carbonyl (C=O) groups excluding carboxylic acids is 1. The van der Waals surface area contributed by atoms with E-state index in [-0.39, 0.29) is 11.9 Å². The molecule has 6 nitrogen and oxygen atoms in total. The second-order valence-corrected chi connectivity index (χ2v) is 6.83. The molecule has 1 aliphatic heterocycles. The van der Waals surface area contributed by atoms with Crippen molar-refractivity contribution in [3.63, 3.8) is 0 Å². The van der Waals surface area contributed by atoms with Crippen molar-refractivity contribution in [1.82, 2.24) is 19.7 Å². The highest BCUT2D eigenvalue weighted by Crippen LogP contribution is 2.21. The Kier molecular flexibility index (Phi) is 4.35. The van der Waals surface area contributed by atoms with Crippen molar-refractivity contribution in [3.05, 3.63) is 29.5 Å². The Morgan fingerprint density at radius 3 is 2.78 bits per heavy atom. The molecule has 1 aliphatic rings. The molecule has 1 atom stereocenters. The summed E-state index contributed by atoms with van der Waals surface area (Å²) in [5.74, 6) is 0.753. The SMILES string of the molecule is Cc1cn2c(C)cnc(C(=O)N[C@@H](CC(C)C)C3COC3)c2n1. The number of fused-ring (bicyclic) bond motifs is 1. The predicted octanol–water partition coefficient (Wildman–Crippen LogP) is 2.14. The number of carbonyl (C=O) groups is 1. The summed E-state index contributed by atoms with van der Waals surface area (Å²) >= 11 is 0. The summed E-state index contributed by atoms with van der Waals surface area (Å²) in [5.41, 5.74) is 2.84. The number of hydrogen-bond acceptors (Lipinski definition) is 4. The molecular formula is C17H24N4O2. The number of aryl methyl sites for hydroxylation is 2. The zero-order chi connectivity index (χ0) is 16.6. The third kappa shape index (κ3) is 3.22. The molecule has 0 radical (unpaired) electrons. The second kappa shape index (κ2) is 6.28. The maximum atomic E-state index is 12.7. The molecule has 0 unspecified atom stereocenters. The first kappa shape index (κ1) is 15.9. The minimum atomic E-state index is -0.154. The molecule has 1 fully saturated rings. The first-order chi connectivity index (χ1) is 11.0. The molecule has 3 rings (SSSR count). The van der Waals surface area contributed by atoms with Gasteiger partial charge in [0.05, 0.1) is 18.9 Å². The van der Waals surface area contributed by atoms with Crippen molar-refractivity contribution in [2.75, 3.05) is 13.2 Å². The average Bonchev–Trinajstić information content (AvgIpc) is 2.78. The van der Waals surface area contributed by atoms with Crippen LogP contribution in [0.25, 0.3) is 5.65 Å². The van der Waals surface area contributed by atoms with E-state index in [1.54, 1.807) is 6.20 Å². The zero-order valence-corrected chi connectivity index (χ0v) is 14.2. The normalized spacial score (nSPS) is 16.6. The van der Waals surface area contributed by atoms with Crippen LogP contribution in [-0.2, 0) is 4.74 Å². The van der Waals surface area contributed by atoms with Crippen LogP contribution in [0.5, 0.6) is 0 Å². The van der Waals surface area contributed by atoms with E-state index in [1.807, 2.05) is 24.4 Å². The summed E-state index contributed by atoms with van der Waals surface area (Å²) in [5, 5.41) is 3.15. The fourth-order valence-corrected chi connectivity index (χ4v) is 2.97. The maximum absolute atomic E-state index is 12.7. The van der Waals surface area contributed by atoms with Crippen LogP contribution in [0.3, 0.4) is 0 Å². The number of imidazole rings is 1. The molecule has 6 heteroatoms. The Bertz CT molecular complexity index is 719. The molecule has 1 amide bonds. The molecule has 0 bridgehead atoms. The smallest absolute Gasteiger partial charge is 0.273 e. The highest BCUT2D eigenvalue weighted by molar-refractivity contribution is 5.98. The van der Waals surface area contributed by atoms with Gasteiger partial charge >= 0.3 is 0 Å². The molecule has 0 aromatic carbocycles. The number of ether oxygens (including phenoxy) is 1. The van der Waals surface area contributed by atoms with Gasteiger partial charge in [-0.3, -0.25) is 4.79 Å². The minimum Gasteiger partial charge on any atom is -0.381 e. The van der Waals surface area contributed by atoms with Crippen molar-refractivity contribution < 1.29 is 9.53 Å². The lowest BCUT2D eigenvalue weighted by Gasteiger charge is -2.35. The van der Waals surface area contributed by atoms with Gasteiger partial charge in [-0.05, 0) is 26.2 Å². The Labute approximate surface area is 136 Å². The van der Waals surface area contributed by atoms with E-state index < -0.39 is 0 Å². The number of hydrogen-bond donors (Lipinski definition) is 1. The lowest BCUT2D eigenvalue weighted by molar-refractivity contribution is -0.0510. The van der Waals surface area contributed by atoms with E-state index in [4.69, 9.17) is 4.74 Å². The summed E-state index contributed by atoms with van der Waals surface area (Å²) in [4.78, 5) is 21.5. The zero-order valence-electron chi connectivity index (χ0n) is 14.2. The second-order valence-electron chi connectivity index (χ2n) is 6.83. The van der Waals surface area contributed by atoms with Crippen LogP contribution < -0.4 is 5.32 Å². The summed E-state index contributed by atoms with van der Waals surface area (Å²) in [6.07, 6.45) is 4.58. The third-order valence-corrected chi connectivity index (χ3v) is 4.29. The summed E-state index contributed by atoms with van der Waals surface area (Å²) in [6, 6.07) is 0.121. The van der Waals surface area contributed by atoms with Crippen LogP contribution in [0, 0.1) is 25.7 Å². The van der Waals surface area contributed by atoms with Gasteiger partial charge in [0.2, 0.25) is 0 Å². The number of nitrogens with zero attached hydrogens (tertiary/aromatic N) is 3. The van der Waals surface area contributed by atoms with Gasteiger partial charge in [0.15, 0.2) is 11.3 Å². The van der Waals surface area contributed by atoms with E-state index in [9.17, 15) is 4.79 Å². The summed E-state index contributed by atoms with van der Waals surface area (Å²) in [6.45, 7) is 9.64. The van der Waals surface area contributed by atoms with E-state index >= 15 is 0 Å². The molecule has 0 spiro atoms. The highest BCUT2D eigenvalue weighted by Gasteiger charge is 2.31. The van der Waals surface area contributed by atoms with Gasteiger partial charge in [-0.15, -0.1) is 0 Å². The molecular weight excluding hydrogens is 292 g/mol. The fourth-order valence-electron chi connectivity index (χ4n) is 2.97. The van der Waals surface area contributed by atoms with E-state index in [1.165, 1.54) is 0 Å². The first-order valence-electron chi connectivity index (χ1n) is 8.15. The molecule has 2 aromatic rings. The van der Waals surface area contributed by atoms with Gasteiger partial charge in [-0.1, -0.05) is 13.8 Å². The molecule has 2 aromatic heterocycles. The third-order valence-electron chi connectivity index (χ3n) is 4.29. The molecule has 124 valence electrons. The number of nitrogens with one attached hydrogen (secondary N) is 1. The monoisotopic (exact) mass is 316 g/mol. The fraction of sp³-hybridized carbons (Fsp3) is 0.588. The lowest BCUT2D eigenvalue weighted by atomic mass is 9.90. The van der Waals surface area contributed by atoms with E-state index in [0.717, 1.165) is 31.0 Å². The van der Waals surface area contributed by atoms with Crippen molar-refractivity contribution in [2.24, 2.45) is 11.8 Å². The Morgan fingerprint density at radius 1 is 1.43 bits per heavy atom. The van der Waals surface area contributed by atoms with Gasteiger partial charge in [0, 0.05) is 30.0 Å². The molecule has 0 aliphatic carbocycles. The number of aromatic nitrogens is 3. The molecule has 23 heavy (non-hydrogen) atoms. The summed E-state index contributed by atoms with van der Waals surface area (Å²) < 4.78 is 7.21. The van der Waals surface area contributed by atoms with Crippen molar-refractivity contribution >= 4 is 11.6 Å². The Balaban J connectivity index is 1.86. The minimum absolute atomic E-state index is 0.121. The quantitative estimate of drug-likeness (QED) is 0.917. The largest absolute Gasteiger partial charge is 0.381 e. The van der Waals surface area contributed by atoms with Crippen LogP contribution in [-0.4, -0.2) is 39.5 Å². The molecule has 1 N–H and O–H groups in total. The van der Waals surface area contributed by atoms with Gasteiger partial charge < -0.3 is 14.5 Å². The average molecular weight is 316 g/mol. The van der Waals surface area contributed by atoms with Crippen LogP contribution in [0.4, 0.5) is 0 Å². The van der Waals surface area contributed by atoms with Gasteiger partial charge in [-0.25, -0.2) is 9.97 Å². The van der Waals surface area contributed by atoms with Crippen molar-refractivity contribution in [3.8, 4) is 0 Å². The lowest BCUT2D eigenvalue weighted by Crippen LogP contribution is -2.49. The molecule has 1 saturated heterocycles. The van der Waals surface area contributed by atoms with Crippen molar-refractivity contribution in [2.45, 2.75) is 40.2 Å². The van der Waals surface area contributed by atoms with Crippen LogP contribution in [0.1, 0.15) is 42.1 Å². The predicted molar refractivity (Wildman–Crippen MR) is 87.5 cm³/mol. The van der Waals surface area contributed by atoms with E-state index in [0.29, 0.717) is 23.2 Å². The Hall–Kier alpha value is -1.95. The van der Waals surface area contributed by atoms with Crippen LogP contribution >= 0.6 is 0 Å². The van der Waals surface area contributed by atoms with Crippen molar-refractivity contribution in [1.29, 1.82) is 0 Å². The number of amides is 1. The first-order valence-corrected chi connectivity index (χ1v) is 8.15. The van der Waals surface area contributed by atoms with Gasteiger partial charge in [0.25, 0.3) is 5.91 Å². The van der Waals surface area contributed by atoms with E-state index in [2.05, 4.69) is 29.1 Å². The van der Waals surface area contributed by atoms with Gasteiger partial charge in [0.1, 0.15) is 0 Å². The van der Waals surface area contributed by atoms with Crippen LogP contribution in [0.2, 0.25) is 0 Å². The Morgan fingerprint density at radius 2 is 2.17 bits per heavy atom. The topological polar surface area (TPSA) is 68.5 Å². The maximum Gasteiger partial charge on any atom is 0.273 e.